The Kier molecular flexibility index (Phi) is 8.28. The number of carbonyl (C=O) groups excluding carboxylic acids is 2. The Morgan fingerprint density at radius 3 is 2.82 bits per heavy atom. The molecule has 0 saturated carbocycles. The van der Waals surface area contributed by atoms with E-state index in [1.54, 1.807) is 23.9 Å². The van der Waals surface area contributed by atoms with Crippen molar-refractivity contribution in [2.45, 2.75) is 44.2 Å². The molecule has 0 bridgehead atoms. The van der Waals surface area contributed by atoms with Crippen LogP contribution in [0.15, 0.2) is 18.2 Å². The molecule has 3 heterocycles. The van der Waals surface area contributed by atoms with Crippen LogP contribution in [0.1, 0.15) is 26.7 Å². The first kappa shape index (κ1) is 25.2. The average molecular weight is 510 g/mol. The van der Waals surface area contributed by atoms with Crippen molar-refractivity contribution in [1.29, 1.82) is 0 Å². The normalized spacial score (nSPS) is 24.3. The number of hydrogen-bond donors (Lipinski definition) is 2. The molecule has 3 atom stereocenters. The number of cyclic esters (lactones) is 1. The van der Waals surface area contributed by atoms with Gasteiger partial charge in [-0.25, -0.2) is 9.18 Å². The van der Waals surface area contributed by atoms with Crippen LogP contribution < -0.4 is 20.4 Å². The summed E-state index contributed by atoms with van der Waals surface area (Å²) in [6.07, 6.45) is 1.42. The van der Waals surface area contributed by atoms with Crippen LogP contribution in [0.25, 0.3) is 0 Å². The molecule has 1 aromatic rings. The maximum Gasteiger partial charge on any atom is 0.414 e. The van der Waals surface area contributed by atoms with Crippen LogP contribution in [-0.4, -0.2) is 84.4 Å². The van der Waals surface area contributed by atoms with E-state index in [4.69, 9.17) is 17.0 Å². The van der Waals surface area contributed by atoms with Crippen molar-refractivity contribution in [3.8, 4) is 0 Å². The molecule has 3 aliphatic heterocycles. The van der Waals surface area contributed by atoms with Crippen LogP contribution in [0.5, 0.6) is 0 Å². The molecule has 0 spiro atoms. The van der Waals surface area contributed by atoms with E-state index in [0.29, 0.717) is 24.5 Å². The van der Waals surface area contributed by atoms with Crippen molar-refractivity contribution >= 4 is 51.6 Å². The molecule has 2 N–H and O–H groups in total. The van der Waals surface area contributed by atoms with Crippen molar-refractivity contribution in [1.82, 2.24) is 15.5 Å². The predicted octanol–water partition coefficient (Wildman–Crippen LogP) is 2.57. The average Bonchev–Trinajstić information content (AvgIpc) is 3.47. The number of rotatable bonds is 7. The molecule has 2 amide bonds. The Hall–Kier alpha value is -1.95. The van der Waals surface area contributed by atoms with Crippen molar-refractivity contribution in [2.75, 3.05) is 55.6 Å². The fourth-order valence-corrected chi connectivity index (χ4v) is 6.21. The topological polar surface area (TPSA) is 77.2 Å². The Morgan fingerprint density at radius 2 is 2.12 bits per heavy atom. The molecule has 1 aromatic carbocycles. The van der Waals surface area contributed by atoms with Gasteiger partial charge in [0.25, 0.3) is 0 Å². The van der Waals surface area contributed by atoms with E-state index < -0.39 is 12.2 Å². The summed E-state index contributed by atoms with van der Waals surface area (Å²) in [7, 11) is 0. The zero-order chi connectivity index (χ0) is 24.2. The van der Waals surface area contributed by atoms with Gasteiger partial charge in [0.05, 0.1) is 34.0 Å². The molecule has 8 nitrogen and oxygen atoms in total. The Morgan fingerprint density at radius 1 is 1.35 bits per heavy atom. The highest BCUT2D eigenvalue weighted by molar-refractivity contribution is 8.23. The fraction of sp³-hybridized carbons (Fsp3) is 0.609. The van der Waals surface area contributed by atoms with E-state index in [1.807, 2.05) is 0 Å². The molecule has 3 fully saturated rings. The summed E-state index contributed by atoms with van der Waals surface area (Å²) in [4.78, 5) is 29.3. The van der Waals surface area contributed by atoms with Crippen LogP contribution in [-0.2, 0) is 9.53 Å². The van der Waals surface area contributed by atoms with Gasteiger partial charge in [-0.1, -0.05) is 24.0 Å². The largest absolute Gasteiger partial charge is 0.442 e. The monoisotopic (exact) mass is 509 g/mol. The Bertz CT molecular complexity index is 930. The first-order valence-corrected chi connectivity index (χ1v) is 13.1. The lowest BCUT2D eigenvalue weighted by Gasteiger charge is -2.38. The highest BCUT2D eigenvalue weighted by Gasteiger charge is 2.34. The summed E-state index contributed by atoms with van der Waals surface area (Å²) in [5, 5.41) is 6.03. The molecule has 3 unspecified atom stereocenters. The SMILES string of the molecule is CC(=O)NCC1CN(c2ccc(N3CCNCC3SC(=S)C(C)N3CCCC3)c(F)c2)C(=O)O1. The van der Waals surface area contributed by atoms with Crippen LogP contribution in [0.2, 0.25) is 0 Å². The van der Waals surface area contributed by atoms with Crippen LogP contribution in [0.4, 0.5) is 20.6 Å². The van der Waals surface area contributed by atoms with Gasteiger partial charge in [-0.15, -0.1) is 0 Å². The second kappa shape index (κ2) is 11.2. The summed E-state index contributed by atoms with van der Waals surface area (Å²) in [6, 6.07) is 5.07. The number of nitrogens with zero attached hydrogens (tertiary/aromatic N) is 3. The number of anilines is 2. The molecule has 0 aromatic heterocycles. The summed E-state index contributed by atoms with van der Waals surface area (Å²) >= 11 is 7.41. The van der Waals surface area contributed by atoms with E-state index in [-0.39, 0.29) is 36.2 Å². The number of hydrogen-bond acceptors (Lipinski definition) is 8. The number of piperazine rings is 1. The lowest BCUT2D eigenvalue weighted by atomic mass is 10.2. The Balaban J connectivity index is 1.43. The van der Waals surface area contributed by atoms with Crippen LogP contribution in [0.3, 0.4) is 0 Å². The van der Waals surface area contributed by atoms with Crippen LogP contribution in [0, 0.1) is 5.82 Å². The van der Waals surface area contributed by atoms with Gasteiger partial charge in [-0.2, -0.15) is 0 Å². The van der Waals surface area contributed by atoms with Gasteiger partial charge in [0.15, 0.2) is 0 Å². The van der Waals surface area contributed by atoms with Gasteiger partial charge in [0.2, 0.25) is 5.91 Å². The highest BCUT2D eigenvalue weighted by Crippen LogP contribution is 2.33. The summed E-state index contributed by atoms with van der Waals surface area (Å²) in [5.74, 6) is -0.579. The summed E-state index contributed by atoms with van der Waals surface area (Å²) in [5.41, 5.74) is 0.941. The third kappa shape index (κ3) is 5.81. The lowest BCUT2D eigenvalue weighted by molar-refractivity contribution is -0.119. The molecular formula is C23H32FN5O3S2. The maximum atomic E-state index is 15.3. The van der Waals surface area contributed by atoms with Crippen molar-refractivity contribution < 1.29 is 18.7 Å². The number of carbonyl (C=O) groups is 2. The molecule has 34 heavy (non-hydrogen) atoms. The Labute approximate surface area is 209 Å². The molecule has 3 aliphatic rings. The minimum Gasteiger partial charge on any atom is -0.442 e. The lowest BCUT2D eigenvalue weighted by Crippen LogP contribution is -2.51. The van der Waals surface area contributed by atoms with Gasteiger partial charge in [0.1, 0.15) is 11.9 Å². The number of ether oxygens (including phenoxy) is 1. The number of thioether (sulfide) groups is 1. The molecule has 0 radical (unpaired) electrons. The van der Waals surface area contributed by atoms with Crippen molar-refractivity contribution in [3.63, 3.8) is 0 Å². The minimum atomic E-state index is -0.542. The zero-order valence-corrected chi connectivity index (χ0v) is 21.2. The highest BCUT2D eigenvalue weighted by atomic mass is 32.2. The second-order valence-electron chi connectivity index (χ2n) is 8.90. The molecule has 11 heteroatoms. The zero-order valence-electron chi connectivity index (χ0n) is 19.6. The van der Waals surface area contributed by atoms with Crippen molar-refractivity contribution in [3.05, 3.63) is 24.0 Å². The molecule has 4 rings (SSSR count). The van der Waals surface area contributed by atoms with Crippen molar-refractivity contribution in [2.24, 2.45) is 0 Å². The first-order chi connectivity index (χ1) is 16.3. The van der Waals surface area contributed by atoms with E-state index in [2.05, 4.69) is 27.4 Å². The molecule has 0 aliphatic carbocycles. The number of amides is 2. The standard InChI is InChI=1S/C23H32FN5O3S2/c1-15(27-8-3-4-9-27)22(33)34-21-13-25-7-10-28(21)20-6-5-17(11-19(20)24)29-14-18(32-23(29)31)12-26-16(2)30/h5-6,11,15,18,21,25H,3-4,7-10,12-14H2,1-2H3,(H,26,30). The number of thiocarbonyl (C=S) groups is 1. The van der Waals surface area contributed by atoms with E-state index in [1.165, 1.54) is 30.7 Å². The second-order valence-corrected chi connectivity index (χ2v) is 10.8. The number of nitrogens with one attached hydrogen (secondary N) is 2. The van der Waals surface area contributed by atoms with Gasteiger partial charge in [0, 0.05) is 32.6 Å². The first-order valence-electron chi connectivity index (χ1n) is 11.8. The third-order valence-electron chi connectivity index (χ3n) is 6.48. The predicted molar refractivity (Wildman–Crippen MR) is 137 cm³/mol. The van der Waals surface area contributed by atoms with E-state index >= 15 is 4.39 Å². The fourth-order valence-electron chi connectivity index (χ4n) is 4.56. The number of halogens is 1. The van der Waals surface area contributed by atoms with E-state index in [9.17, 15) is 9.59 Å². The molecule has 186 valence electrons. The number of benzene rings is 1. The minimum absolute atomic E-state index is 0.00885. The smallest absolute Gasteiger partial charge is 0.414 e. The van der Waals surface area contributed by atoms with Gasteiger partial charge < -0.3 is 20.3 Å². The molecular weight excluding hydrogens is 477 g/mol. The third-order valence-corrected chi connectivity index (χ3v) is 8.38. The summed E-state index contributed by atoms with van der Waals surface area (Å²) < 4.78 is 21.6. The quantitative estimate of drug-likeness (QED) is 0.544. The van der Waals surface area contributed by atoms with E-state index in [0.717, 1.165) is 23.8 Å². The maximum absolute atomic E-state index is 15.3. The van der Waals surface area contributed by atoms with Gasteiger partial charge >= 0.3 is 6.09 Å². The van der Waals surface area contributed by atoms with Gasteiger partial charge in [-0.05, 0) is 51.1 Å². The summed E-state index contributed by atoms with van der Waals surface area (Å²) in [6.45, 7) is 8.34. The molecule has 3 saturated heterocycles. The van der Waals surface area contributed by atoms with Gasteiger partial charge in [-0.3, -0.25) is 14.6 Å². The van der Waals surface area contributed by atoms with Crippen LogP contribution >= 0.6 is 24.0 Å². The number of likely N-dealkylation sites (tertiary alicyclic amines) is 1.